The largest absolute Gasteiger partial charge is 0.494 e. The van der Waals surface area contributed by atoms with Crippen LogP contribution in [0.2, 0.25) is 0 Å². The molecular formula is C39H37IO8. The Labute approximate surface area is 294 Å². The Kier molecular flexibility index (Phi) is 14.5. The first kappa shape index (κ1) is 36.2. The molecule has 0 aliphatic heterocycles. The van der Waals surface area contributed by atoms with Crippen LogP contribution in [-0.4, -0.2) is 42.8 Å². The van der Waals surface area contributed by atoms with Crippen LogP contribution in [0.15, 0.2) is 91.0 Å². The highest BCUT2D eigenvalue weighted by Gasteiger charge is 2.20. The van der Waals surface area contributed by atoms with Gasteiger partial charge in [-0.2, -0.15) is 0 Å². The van der Waals surface area contributed by atoms with Crippen LogP contribution < -0.4 is 14.2 Å². The third kappa shape index (κ3) is 11.5. The number of rotatable bonds is 15. The summed E-state index contributed by atoms with van der Waals surface area (Å²) in [5.41, 5.74) is 2.10. The maximum absolute atomic E-state index is 13.1. The van der Waals surface area contributed by atoms with Crippen LogP contribution in [0.3, 0.4) is 0 Å². The molecule has 4 aromatic rings. The normalized spacial score (nSPS) is 10.4. The van der Waals surface area contributed by atoms with E-state index in [1.807, 2.05) is 31.2 Å². The van der Waals surface area contributed by atoms with Gasteiger partial charge in [0.25, 0.3) is 0 Å². The highest BCUT2D eigenvalue weighted by Crippen LogP contribution is 2.27. The second-order valence-electron chi connectivity index (χ2n) is 10.8. The van der Waals surface area contributed by atoms with Gasteiger partial charge in [-0.05, 0) is 139 Å². The Morgan fingerprint density at radius 3 is 1.88 bits per heavy atom. The van der Waals surface area contributed by atoms with Crippen molar-refractivity contribution < 1.29 is 38.4 Å². The second kappa shape index (κ2) is 19.2. The minimum Gasteiger partial charge on any atom is -0.494 e. The molecule has 8 nitrogen and oxygen atoms in total. The van der Waals surface area contributed by atoms with E-state index in [9.17, 15) is 14.4 Å². The van der Waals surface area contributed by atoms with Crippen molar-refractivity contribution in [3.63, 3.8) is 0 Å². The molecule has 0 saturated heterocycles. The first-order valence-corrected chi connectivity index (χ1v) is 16.9. The van der Waals surface area contributed by atoms with Crippen LogP contribution >= 0.6 is 22.6 Å². The van der Waals surface area contributed by atoms with Gasteiger partial charge < -0.3 is 24.1 Å². The molecule has 0 saturated carbocycles. The van der Waals surface area contributed by atoms with Crippen molar-refractivity contribution in [1.29, 1.82) is 0 Å². The lowest BCUT2D eigenvalue weighted by molar-refractivity contribution is 0.0492. The summed E-state index contributed by atoms with van der Waals surface area (Å²) in [6.07, 6.45) is 5.29. The molecule has 0 fully saturated rings. The Hall–Kier alpha value is -4.66. The third-order valence-electron chi connectivity index (χ3n) is 7.04. The average Bonchev–Trinajstić information content (AvgIpc) is 3.10. The third-order valence-corrected chi connectivity index (χ3v) is 7.76. The van der Waals surface area contributed by atoms with E-state index in [1.165, 1.54) is 18.2 Å². The SMILES string of the molecule is CCCCOC(=O)c1cc(OC(=O)c2ccc(I)cc2)ccc1OC(=O)c1ccc(C#Cc2ccc(OCCCCCCO)cc2)cc1. The first-order chi connectivity index (χ1) is 23.4. The molecule has 48 heavy (non-hydrogen) atoms. The van der Waals surface area contributed by atoms with Gasteiger partial charge in [-0.3, -0.25) is 0 Å². The highest BCUT2D eigenvalue weighted by atomic mass is 127. The van der Waals surface area contributed by atoms with E-state index in [1.54, 1.807) is 48.5 Å². The molecule has 0 unspecified atom stereocenters. The monoisotopic (exact) mass is 760 g/mol. The number of carbonyl (C=O) groups excluding carboxylic acids is 3. The maximum Gasteiger partial charge on any atom is 0.343 e. The zero-order valence-corrected chi connectivity index (χ0v) is 28.9. The van der Waals surface area contributed by atoms with Crippen molar-refractivity contribution in [3.8, 4) is 29.1 Å². The number of benzene rings is 4. The summed E-state index contributed by atoms with van der Waals surface area (Å²) in [7, 11) is 0. The van der Waals surface area contributed by atoms with Crippen LogP contribution in [0, 0.1) is 15.4 Å². The van der Waals surface area contributed by atoms with Gasteiger partial charge in [-0.25, -0.2) is 14.4 Å². The van der Waals surface area contributed by atoms with Crippen LogP contribution in [0.25, 0.3) is 0 Å². The van der Waals surface area contributed by atoms with E-state index in [2.05, 4.69) is 34.4 Å². The van der Waals surface area contributed by atoms with Crippen LogP contribution in [0.1, 0.15) is 87.6 Å². The summed E-state index contributed by atoms with van der Waals surface area (Å²) in [6, 6.07) is 25.2. The van der Waals surface area contributed by atoms with Crippen LogP contribution in [-0.2, 0) is 4.74 Å². The number of unbranched alkanes of at least 4 members (excludes halogenated alkanes) is 4. The number of aliphatic hydroxyl groups excluding tert-OH is 1. The fourth-order valence-electron chi connectivity index (χ4n) is 4.34. The quantitative estimate of drug-likeness (QED) is 0.0427. The molecule has 9 heteroatoms. The minimum absolute atomic E-state index is 0.0199. The molecule has 4 aromatic carbocycles. The molecule has 0 radical (unpaired) electrons. The molecule has 248 valence electrons. The molecule has 0 bridgehead atoms. The second-order valence-corrected chi connectivity index (χ2v) is 12.0. The number of aliphatic hydroxyl groups is 1. The molecule has 0 aliphatic rings. The number of halogens is 1. The summed E-state index contributed by atoms with van der Waals surface area (Å²) in [6.45, 7) is 3.03. The molecule has 0 heterocycles. The first-order valence-electron chi connectivity index (χ1n) is 15.8. The topological polar surface area (TPSA) is 108 Å². The van der Waals surface area contributed by atoms with Gasteiger partial charge in [0.1, 0.15) is 22.8 Å². The van der Waals surface area contributed by atoms with E-state index >= 15 is 0 Å². The number of hydrogen-bond donors (Lipinski definition) is 1. The van der Waals surface area contributed by atoms with Crippen LogP contribution in [0.5, 0.6) is 17.2 Å². The van der Waals surface area contributed by atoms with Crippen molar-refractivity contribution in [1.82, 2.24) is 0 Å². The van der Waals surface area contributed by atoms with Crippen molar-refractivity contribution in [3.05, 3.63) is 122 Å². The van der Waals surface area contributed by atoms with Gasteiger partial charge in [-0.15, -0.1) is 0 Å². The van der Waals surface area contributed by atoms with Gasteiger partial charge in [0.2, 0.25) is 0 Å². The maximum atomic E-state index is 13.1. The Morgan fingerprint density at radius 2 is 1.23 bits per heavy atom. The van der Waals surface area contributed by atoms with E-state index in [-0.39, 0.29) is 35.8 Å². The lowest BCUT2D eigenvalue weighted by atomic mass is 10.1. The summed E-state index contributed by atoms with van der Waals surface area (Å²) < 4.78 is 23.2. The number of esters is 3. The molecule has 0 aromatic heterocycles. The Balaban J connectivity index is 1.39. The van der Waals surface area contributed by atoms with Crippen LogP contribution in [0.4, 0.5) is 0 Å². The minimum atomic E-state index is -0.696. The van der Waals surface area contributed by atoms with E-state index in [4.69, 9.17) is 24.1 Å². The van der Waals surface area contributed by atoms with E-state index < -0.39 is 17.9 Å². The average molecular weight is 761 g/mol. The molecule has 0 atom stereocenters. The van der Waals surface area contributed by atoms with Gasteiger partial charge in [0, 0.05) is 21.3 Å². The summed E-state index contributed by atoms with van der Waals surface area (Å²) >= 11 is 2.14. The molecule has 0 spiro atoms. The Bertz CT molecular complexity index is 1720. The molecule has 0 amide bonds. The fourth-order valence-corrected chi connectivity index (χ4v) is 4.70. The summed E-state index contributed by atoms with van der Waals surface area (Å²) in [4.78, 5) is 38.7. The zero-order chi connectivity index (χ0) is 34.1. The van der Waals surface area contributed by atoms with E-state index in [0.29, 0.717) is 24.2 Å². The smallest absolute Gasteiger partial charge is 0.343 e. The highest BCUT2D eigenvalue weighted by molar-refractivity contribution is 14.1. The van der Waals surface area contributed by atoms with Gasteiger partial charge in [0.05, 0.1) is 24.3 Å². The van der Waals surface area contributed by atoms with Gasteiger partial charge in [0.15, 0.2) is 0 Å². The van der Waals surface area contributed by atoms with Crippen molar-refractivity contribution in [2.45, 2.75) is 45.4 Å². The number of ether oxygens (including phenoxy) is 4. The predicted molar refractivity (Wildman–Crippen MR) is 191 cm³/mol. The number of carbonyl (C=O) groups is 3. The van der Waals surface area contributed by atoms with Crippen molar-refractivity contribution >= 4 is 40.5 Å². The van der Waals surface area contributed by atoms with Crippen molar-refractivity contribution in [2.24, 2.45) is 0 Å². The lowest BCUT2D eigenvalue weighted by Gasteiger charge is -2.12. The van der Waals surface area contributed by atoms with Gasteiger partial charge >= 0.3 is 17.9 Å². The molecule has 4 rings (SSSR count). The van der Waals surface area contributed by atoms with Crippen molar-refractivity contribution in [2.75, 3.05) is 19.8 Å². The standard InChI is InChI=1S/C39H37IO8/c1-2-3-25-46-39(44)35-27-34(47-37(42)31-16-18-32(40)19-17-31)22-23-36(35)48-38(43)30-14-10-28(11-15-30)8-9-29-12-20-33(21-13-29)45-26-7-5-4-6-24-41/h10-23,27,41H,2-7,24-26H2,1H3. The van der Waals surface area contributed by atoms with E-state index in [0.717, 1.165) is 47.0 Å². The molecule has 1 N–H and O–H groups in total. The zero-order valence-electron chi connectivity index (χ0n) is 26.7. The lowest BCUT2D eigenvalue weighted by Crippen LogP contribution is -2.14. The summed E-state index contributed by atoms with van der Waals surface area (Å²) in [5, 5.41) is 8.85. The molecule has 0 aliphatic carbocycles. The fraction of sp³-hybridized carbons (Fsp3) is 0.256. The molecular weight excluding hydrogens is 723 g/mol. The number of hydrogen-bond acceptors (Lipinski definition) is 8. The Morgan fingerprint density at radius 1 is 0.646 bits per heavy atom. The predicted octanol–water partition coefficient (Wildman–Crippen LogP) is 8.02. The summed E-state index contributed by atoms with van der Waals surface area (Å²) in [5.74, 6) is 5.10. The van der Waals surface area contributed by atoms with Gasteiger partial charge in [-0.1, -0.05) is 31.6 Å².